The molecule has 2 aromatic carbocycles. The molecule has 2 atom stereocenters. The molecule has 7 amide bonds. The van der Waals surface area contributed by atoms with Crippen LogP contribution in [0.3, 0.4) is 0 Å². The van der Waals surface area contributed by atoms with Crippen molar-refractivity contribution in [1.82, 2.24) is 35.6 Å². The predicted octanol–water partition coefficient (Wildman–Crippen LogP) is 4.45. The number of amides is 7. The Morgan fingerprint density at radius 2 is 1.46 bits per heavy atom. The van der Waals surface area contributed by atoms with Crippen LogP contribution in [0.1, 0.15) is 77.2 Å². The van der Waals surface area contributed by atoms with E-state index in [2.05, 4.69) is 28.1 Å². The number of unbranched alkanes of at least 4 members (excludes halogenated alkanes) is 2. The maximum Gasteiger partial charge on any atom is 0.409 e. The van der Waals surface area contributed by atoms with Crippen LogP contribution in [-0.2, 0) is 35.1 Å². The van der Waals surface area contributed by atoms with Gasteiger partial charge in [-0.1, -0.05) is 56.7 Å². The second-order valence-electron chi connectivity index (χ2n) is 16.2. The molecular formula is C46H63N9O8. The number of fused-ring (bicyclic) bond motifs is 2. The minimum atomic E-state index is -0.835. The monoisotopic (exact) mass is 869 g/mol. The molecule has 0 unspecified atom stereocenters. The number of carbonyl (C=O) groups is 7. The lowest BCUT2D eigenvalue weighted by molar-refractivity contribution is -0.137. The van der Waals surface area contributed by atoms with Crippen LogP contribution >= 0.6 is 0 Å². The van der Waals surface area contributed by atoms with Crippen molar-refractivity contribution in [1.29, 1.82) is 5.41 Å². The third kappa shape index (κ3) is 15.5. The van der Waals surface area contributed by atoms with Gasteiger partial charge >= 0.3 is 12.1 Å². The van der Waals surface area contributed by atoms with Crippen LogP contribution in [0.2, 0.25) is 0 Å². The molecule has 17 heteroatoms. The number of likely N-dealkylation sites (N-methyl/N-ethyl adjacent to an activating group) is 1. The zero-order valence-corrected chi connectivity index (χ0v) is 37.0. The molecule has 2 heterocycles. The molecule has 0 fully saturated rings. The molecule has 6 N–H and O–H groups in total. The number of para-hydroxylation sites is 2. The Hall–Kier alpha value is -6.39. The number of primary amides is 1. The number of hydrogen-bond acceptors (Lipinski definition) is 10. The first kappa shape index (κ1) is 49.3. The number of ether oxygens (including phenoxy) is 1. The summed E-state index contributed by atoms with van der Waals surface area (Å²) < 4.78 is 5.43. The summed E-state index contributed by atoms with van der Waals surface area (Å²) in [6, 6.07) is 14.7. The number of ketones is 1. The summed E-state index contributed by atoms with van der Waals surface area (Å²) in [4.78, 5) is 96.4. The normalized spacial score (nSPS) is 13.3. The predicted molar refractivity (Wildman–Crippen MR) is 241 cm³/mol. The first-order valence-electron chi connectivity index (χ1n) is 21.8. The second kappa shape index (κ2) is 24.9. The van der Waals surface area contributed by atoms with E-state index in [0.717, 1.165) is 39.5 Å². The standard InChI is InChI=1S/C46H63N9O8/c1-31(2)43(52-40(57)20-6-5-11-27-55-41(58)21-22-42(55)59)38(56)30-32(14-12-24-50-45(48)61)44(60)49-25-28-54(4)46(62)63-29-23-39(47)53(3)26-13-17-33-34-15-7-9-18-36(34)51-37-19-10-8-16-35(33)37/h7-10,15-16,18-19,21-22,31-32,43,47H,5-6,11-14,17,20,23-30H2,1-4H3,(H,49,60)(H,52,57)(H3,48,50,61)/t32-,43+/m1/s1. The van der Waals surface area contributed by atoms with Crippen molar-refractivity contribution < 1.29 is 38.3 Å². The Balaban J connectivity index is 1.18. The van der Waals surface area contributed by atoms with E-state index in [1.807, 2.05) is 48.3 Å². The fraction of sp³-hybridized carbons (Fsp3) is 0.500. The number of aromatic nitrogens is 1. The molecule has 1 aliphatic rings. The van der Waals surface area contributed by atoms with Crippen LogP contribution in [0, 0.1) is 17.2 Å². The molecule has 4 rings (SSSR count). The van der Waals surface area contributed by atoms with Crippen LogP contribution < -0.4 is 21.7 Å². The topological polar surface area (TPSA) is 237 Å². The van der Waals surface area contributed by atoms with E-state index >= 15 is 0 Å². The molecule has 1 aromatic heterocycles. The SMILES string of the molecule is CC(C)[C@H](NC(=O)CCCCCN1C(=O)C=CC1=O)C(=O)C[C@@H](CCCNC(N)=O)C(=O)NCCN(C)C(=O)OCCC(=N)N(C)CCCc1c2ccccc2nc2ccccc12. The number of nitrogens with one attached hydrogen (secondary N) is 4. The largest absolute Gasteiger partial charge is 0.449 e. The number of Topliss-reactive ketones (excluding diaryl/α,β-unsaturated/α-hetero) is 1. The van der Waals surface area contributed by atoms with Crippen molar-refractivity contribution in [2.75, 3.05) is 53.4 Å². The van der Waals surface area contributed by atoms with Gasteiger partial charge in [0.15, 0.2) is 5.78 Å². The van der Waals surface area contributed by atoms with Gasteiger partial charge in [0.05, 0.1) is 22.9 Å². The summed E-state index contributed by atoms with van der Waals surface area (Å²) in [5.41, 5.74) is 8.34. The number of imide groups is 1. The Morgan fingerprint density at radius 1 is 0.810 bits per heavy atom. The maximum absolute atomic E-state index is 13.6. The van der Waals surface area contributed by atoms with E-state index in [1.165, 1.54) is 29.7 Å². The molecule has 340 valence electrons. The summed E-state index contributed by atoms with van der Waals surface area (Å²) in [5.74, 6) is -2.43. The number of nitrogens with zero attached hydrogens (tertiary/aromatic N) is 4. The van der Waals surface area contributed by atoms with Crippen molar-refractivity contribution in [3.8, 4) is 0 Å². The van der Waals surface area contributed by atoms with Crippen LogP contribution in [-0.4, -0.2) is 127 Å². The number of carbonyl (C=O) groups excluding carboxylic acids is 7. The number of rotatable bonds is 26. The van der Waals surface area contributed by atoms with Crippen molar-refractivity contribution in [2.45, 2.75) is 84.1 Å². The van der Waals surface area contributed by atoms with E-state index in [0.29, 0.717) is 38.1 Å². The highest BCUT2D eigenvalue weighted by molar-refractivity contribution is 6.12. The summed E-state index contributed by atoms with van der Waals surface area (Å²) in [5, 5.41) is 18.9. The number of amidine groups is 1. The Kier molecular flexibility index (Phi) is 19.5. The van der Waals surface area contributed by atoms with Gasteiger partial charge in [0.1, 0.15) is 6.61 Å². The third-order valence-electron chi connectivity index (χ3n) is 11.1. The highest BCUT2D eigenvalue weighted by atomic mass is 16.6. The molecule has 0 bridgehead atoms. The van der Waals surface area contributed by atoms with Gasteiger partial charge in [-0.2, -0.15) is 0 Å². The summed E-state index contributed by atoms with van der Waals surface area (Å²) >= 11 is 0. The molecule has 3 aromatic rings. The van der Waals surface area contributed by atoms with Crippen LogP contribution in [0.15, 0.2) is 60.7 Å². The lowest BCUT2D eigenvalue weighted by Gasteiger charge is -2.24. The minimum absolute atomic E-state index is 0.0103. The van der Waals surface area contributed by atoms with E-state index in [9.17, 15) is 33.6 Å². The van der Waals surface area contributed by atoms with Gasteiger partial charge in [-0.15, -0.1) is 0 Å². The first-order chi connectivity index (χ1) is 30.2. The molecular weight excluding hydrogens is 807 g/mol. The van der Waals surface area contributed by atoms with Gasteiger partial charge in [-0.25, -0.2) is 14.6 Å². The molecule has 17 nitrogen and oxygen atoms in total. The average Bonchev–Trinajstić information content (AvgIpc) is 3.58. The number of hydrogen-bond donors (Lipinski definition) is 5. The molecule has 63 heavy (non-hydrogen) atoms. The fourth-order valence-electron chi connectivity index (χ4n) is 7.45. The van der Waals surface area contributed by atoms with Gasteiger partial charge in [-0.05, 0) is 62.1 Å². The Morgan fingerprint density at radius 3 is 2.10 bits per heavy atom. The van der Waals surface area contributed by atoms with Gasteiger partial charge < -0.3 is 36.2 Å². The van der Waals surface area contributed by atoms with E-state index < -0.39 is 30.0 Å². The van der Waals surface area contributed by atoms with Gasteiger partial charge in [0.2, 0.25) is 11.8 Å². The van der Waals surface area contributed by atoms with Gasteiger partial charge in [-0.3, -0.25) is 34.3 Å². The van der Waals surface area contributed by atoms with Crippen molar-refractivity contribution in [3.05, 3.63) is 66.2 Å². The van der Waals surface area contributed by atoms with Crippen molar-refractivity contribution in [3.63, 3.8) is 0 Å². The molecule has 0 saturated heterocycles. The lowest BCUT2D eigenvalue weighted by Crippen LogP contribution is -2.46. The van der Waals surface area contributed by atoms with Gasteiger partial charge in [0, 0.05) is 94.9 Å². The highest BCUT2D eigenvalue weighted by Crippen LogP contribution is 2.27. The molecule has 0 aliphatic carbocycles. The number of urea groups is 1. The number of aryl methyl sites for hydroxylation is 1. The smallest absolute Gasteiger partial charge is 0.409 e. The summed E-state index contributed by atoms with van der Waals surface area (Å²) in [6.45, 7) is 4.94. The average molecular weight is 870 g/mol. The fourth-order valence-corrected chi connectivity index (χ4v) is 7.45. The lowest BCUT2D eigenvalue weighted by atomic mass is 9.89. The van der Waals surface area contributed by atoms with Crippen molar-refractivity contribution in [2.24, 2.45) is 17.6 Å². The van der Waals surface area contributed by atoms with E-state index in [1.54, 1.807) is 13.8 Å². The zero-order valence-electron chi connectivity index (χ0n) is 37.0. The van der Waals surface area contributed by atoms with Crippen LogP contribution in [0.5, 0.6) is 0 Å². The number of benzene rings is 2. The highest BCUT2D eigenvalue weighted by Gasteiger charge is 2.30. The number of nitrogens with two attached hydrogens (primary N) is 1. The summed E-state index contributed by atoms with van der Waals surface area (Å²) in [7, 11) is 3.39. The van der Waals surface area contributed by atoms with Gasteiger partial charge in [0.25, 0.3) is 11.8 Å². The van der Waals surface area contributed by atoms with Crippen LogP contribution in [0.4, 0.5) is 9.59 Å². The van der Waals surface area contributed by atoms with Crippen LogP contribution in [0.25, 0.3) is 21.8 Å². The number of pyridine rings is 1. The third-order valence-corrected chi connectivity index (χ3v) is 11.1. The Labute approximate surface area is 369 Å². The molecule has 0 radical (unpaired) electrons. The first-order valence-corrected chi connectivity index (χ1v) is 21.8. The molecule has 0 spiro atoms. The Bertz CT molecular complexity index is 2070. The van der Waals surface area contributed by atoms with E-state index in [4.69, 9.17) is 20.9 Å². The summed E-state index contributed by atoms with van der Waals surface area (Å²) in [6.07, 6.45) is 5.98. The molecule has 1 aliphatic heterocycles. The quantitative estimate of drug-likeness (QED) is 0.0250. The molecule has 0 saturated carbocycles. The second-order valence-corrected chi connectivity index (χ2v) is 16.2. The van der Waals surface area contributed by atoms with E-state index in [-0.39, 0.29) is 87.9 Å². The van der Waals surface area contributed by atoms with Crippen molar-refractivity contribution >= 4 is 69.2 Å². The zero-order chi connectivity index (χ0) is 45.9. The minimum Gasteiger partial charge on any atom is -0.449 e. The maximum atomic E-state index is 13.6.